The molecule has 0 saturated heterocycles. The largest absolute Gasteiger partial charge is 0.456 e. The van der Waals surface area contributed by atoms with Crippen LogP contribution in [0.25, 0.3) is 0 Å². The minimum absolute atomic E-state index is 0.0923. The van der Waals surface area contributed by atoms with Crippen molar-refractivity contribution in [1.82, 2.24) is 10.2 Å². The zero-order valence-electron chi connectivity index (χ0n) is 17.1. The average Bonchev–Trinajstić information content (AvgIpc) is 3.34. The Morgan fingerprint density at radius 3 is 2.14 bits per heavy atom. The smallest absolute Gasteiger partial charge is 0.290 e. The van der Waals surface area contributed by atoms with E-state index in [1.54, 1.807) is 4.90 Å². The summed E-state index contributed by atoms with van der Waals surface area (Å²) in [6.07, 6.45) is 0. The molecule has 2 aromatic heterocycles. The van der Waals surface area contributed by atoms with E-state index < -0.39 is 0 Å². The summed E-state index contributed by atoms with van der Waals surface area (Å²) in [4.78, 5) is 26.9. The molecule has 1 aromatic carbocycles. The van der Waals surface area contributed by atoms with Crippen molar-refractivity contribution in [1.29, 1.82) is 0 Å². The van der Waals surface area contributed by atoms with Gasteiger partial charge in [-0.1, -0.05) is 18.2 Å². The van der Waals surface area contributed by atoms with Crippen molar-refractivity contribution in [2.24, 2.45) is 0 Å². The van der Waals surface area contributed by atoms with Crippen LogP contribution in [-0.2, 0) is 19.6 Å². The molecule has 0 bridgehead atoms. The van der Waals surface area contributed by atoms with Gasteiger partial charge in [0.1, 0.15) is 11.5 Å². The summed E-state index contributed by atoms with van der Waals surface area (Å²) in [6, 6.07) is 9.77. The van der Waals surface area contributed by atoms with E-state index in [1.807, 2.05) is 58.0 Å². The van der Waals surface area contributed by atoms with Crippen molar-refractivity contribution in [3.63, 3.8) is 0 Å². The van der Waals surface area contributed by atoms with E-state index in [-0.39, 0.29) is 11.8 Å². The topological polar surface area (TPSA) is 75.7 Å². The highest BCUT2D eigenvalue weighted by Gasteiger charge is 2.27. The highest BCUT2D eigenvalue weighted by molar-refractivity contribution is 5.93. The van der Waals surface area contributed by atoms with Crippen LogP contribution in [0.2, 0.25) is 0 Å². The first-order chi connectivity index (χ1) is 13.8. The molecule has 1 N–H and O–H groups in total. The lowest BCUT2D eigenvalue weighted by atomic mass is 10.1. The van der Waals surface area contributed by atoms with Crippen LogP contribution < -0.4 is 5.32 Å². The highest BCUT2D eigenvalue weighted by atomic mass is 16.4. The maximum atomic E-state index is 12.8. The molecule has 0 unspecified atom stereocenters. The van der Waals surface area contributed by atoms with Crippen molar-refractivity contribution in [3.8, 4) is 0 Å². The van der Waals surface area contributed by atoms with Crippen LogP contribution in [0.4, 0.5) is 0 Å². The maximum Gasteiger partial charge on any atom is 0.290 e. The summed E-state index contributed by atoms with van der Waals surface area (Å²) in [7, 11) is 0. The minimum Gasteiger partial charge on any atom is -0.456 e. The number of benzene rings is 1. The maximum absolute atomic E-state index is 12.8. The first-order valence-corrected chi connectivity index (χ1v) is 9.64. The van der Waals surface area contributed by atoms with Crippen LogP contribution in [0, 0.1) is 27.7 Å². The van der Waals surface area contributed by atoms with E-state index in [0.717, 1.165) is 39.3 Å². The zero-order valence-corrected chi connectivity index (χ0v) is 17.1. The minimum atomic E-state index is -0.225. The Hall–Kier alpha value is -3.28. The van der Waals surface area contributed by atoms with Crippen molar-refractivity contribution in [2.45, 2.75) is 47.3 Å². The zero-order chi connectivity index (χ0) is 20.7. The van der Waals surface area contributed by atoms with Gasteiger partial charge in [0.05, 0.1) is 0 Å². The summed E-state index contributed by atoms with van der Waals surface area (Å²) >= 11 is 0. The summed E-state index contributed by atoms with van der Waals surface area (Å²) in [5, 5.41) is 2.90. The molecule has 0 fully saturated rings. The van der Waals surface area contributed by atoms with Gasteiger partial charge in [-0.3, -0.25) is 9.59 Å². The summed E-state index contributed by atoms with van der Waals surface area (Å²) < 4.78 is 11.0. The molecule has 6 nitrogen and oxygen atoms in total. The molecular weight excluding hydrogens is 368 g/mol. The summed E-state index contributed by atoms with van der Waals surface area (Å²) in [5.41, 5.74) is 4.88. The van der Waals surface area contributed by atoms with Crippen LogP contribution in [0.5, 0.6) is 0 Å². The number of fused-ring (bicyclic) bond motifs is 1. The number of nitrogens with one attached hydrogen (secondary N) is 1. The molecule has 0 radical (unpaired) electrons. The van der Waals surface area contributed by atoms with Gasteiger partial charge in [0.25, 0.3) is 11.8 Å². The number of nitrogens with zero attached hydrogens (tertiary/aromatic N) is 1. The molecule has 29 heavy (non-hydrogen) atoms. The fraction of sp³-hybridized carbons (Fsp3) is 0.304. The van der Waals surface area contributed by atoms with Gasteiger partial charge in [-0.15, -0.1) is 0 Å². The van der Waals surface area contributed by atoms with E-state index >= 15 is 0 Å². The van der Waals surface area contributed by atoms with Gasteiger partial charge < -0.3 is 19.1 Å². The Labute approximate surface area is 169 Å². The Morgan fingerprint density at radius 2 is 1.52 bits per heavy atom. The van der Waals surface area contributed by atoms with Gasteiger partial charge >= 0.3 is 0 Å². The number of carbonyl (C=O) groups excluding carboxylic acids is 2. The van der Waals surface area contributed by atoms with E-state index in [2.05, 4.69) is 5.32 Å². The quantitative estimate of drug-likeness (QED) is 0.722. The van der Waals surface area contributed by atoms with Crippen molar-refractivity contribution < 1.29 is 18.4 Å². The molecule has 3 heterocycles. The molecule has 6 heteroatoms. The van der Waals surface area contributed by atoms with Gasteiger partial charge in [-0.05, 0) is 56.5 Å². The second-order valence-electron chi connectivity index (χ2n) is 7.69. The molecule has 150 valence electrons. The number of hydrogen-bond acceptors (Lipinski definition) is 4. The lowest BCUT2D eigenvalue weighted by molar-refractivity contribution is 0.0716. The first kappa shape index (κ1) is 19.1. The van der Waals surface area contributed by atoms with E-state index in [1.165, 1.54) is 0 Å². The fourth-order valence-electron chi connectivity index (χ4n) is 3.83. The van der Waals surface area contributed by atoms with Crippen molar-refractivity contribution in [2.75, 3.05) is 0 Å². The summed E-state index contributed by atoms with van der Waals surface area (Å²) in [6.45, 7) is 8.90. The third kappa shape index (κ3) is 3.70. The molecule has 0 spiro atoms. The SMILES string of the molecule is Cc1cc(C)c(C(=O)NCc2ccc3c(c2)CN(C(=O)c2oc(C)cc2C)C3)o1. The lowest BCUT2D eigenvalue weighted by Crippen LogP contribution is -2.25. The molecular formula is C23H24N2O4. The molecule has 4 rings (SSSR count). The normalized spacial score (nSPS) is 12.9. The van der Waals surface area contributed by atoms with Crippen molar-refractivity contribution >= 4 is 11.8 Å². The molecule has 1 aliphatic heterocycles. The fourth-order valence-corrected chi connectivity index (χ4v) is 3.83. The van der Waals surface area contributed by atoms with E-state index in [9.17, 15) is 9.59 Å². The molecule has 1 aliphatic rings. The van der Waals surface area contributed by atoms with Crippen LogP contribution in [0.15, 0.2) is 39.2 Å². The Balaban J connectivity index is 1.43. The average molecular weight is 392 g/mol. The van der Waals surface area contributed by atoms with Gasteiger partial charge in [0.15, 0.2) is 11.5 Å². The third-order valence-corrected chi connectivity index (χ3v) is 5.22. The third-order valence-electron chi connectivity index (χ3n) is 5.22. The Morgan fingerprint density at radius 1 is 0.897 bits per heavy atom. The van der Waals surface area contributed by atoms with E-state index in [0.29, 0.717) is 31.2 Å². The summed E-state index contributed by atoms with van der Waals surface area (Å²) in [5.74, 6) is 1.90. The second-order valence-corrected chi connectivity index (χ2v) is 7.69. The van der Waals surface area contributed by atoms with E-state index in [4.69, 9.17) is 8.83 Å². The number of aryl methyl sites for hydroxylation is 4. The van der Waals surface area contributed by atoms with Crippen molar-refractivity contribution in [3.05, 3.63) is 81.2 Å². The predicted molar refractivity (Wildman–Crippen MR) is 108 cm³/mol. The van der Waals surface area contributed by atoms with Crippen LogP contribution >= 0.6 is 0 Å². The Kier molecular flexibility index (Phi) is 4.78. The number of hydrogen-bond donors (Lipinski definition) is 1. The number of furan rings is 2. The standard InChI is InChI=1S/C23H24N2O4/c1-13-7-15(3)28-20(13)22(26)24-10-17-5-6-18-11-25(12-19(18)9-17)23(27)21-14(2)8-16(4)29-21/h5-9H,10-12H2,1-4H3,(H,24,26). The van der Waals surface area contributed by atoms with Gasteiger partial charge in [0.2, 0.25) is 0 Å². The van der Waals surface area contributed by atoms with Crippen LogP contribution in [-0.4, -0.2) is 16.7 Å². The van der Waals surface area contributed by atoms with Gasteiger partial charge in [0, 0.05) is 30.8 Å². The highest BCUT2D eigenvalue weighted by Crippen LogP contribution is 2.27. The molecule has 0 aliphatic carbocycles. The number of carbonyl (C=O) groups is 2. The second kappa shape index (κ2) is 7.28. The number of rotatable bonds is 4. The first-order valence-electron chi connectivity index (χ1n) is 9.64. The molecule has 2 amide bonds. The monoisotopic (exact) mass is 392 g/mol. The lowest BCUT2D eigenvalue weighted by Gasteiger charge is -2.14. The van der Waals surface area contributed by atoms with Crippen LogP contribution in [0.1, 0.15) is 60.4 Å². The number of amides is 2. The van der Waals surface area contributed by atoms with Gasteiger partial charge in [-0.25, -0.2) is 0 Å². The predicted octanol–water partition coefficient (Wildman–Crippen LogP) is 4.19. The van der Waals surface area contributed by atoms with Crippen LogP contribution in [0.3, 0.4) is 0 Å². The molecule has 3 aromatic rings. The Bertz CT molecular complexity index is 1110. The van der Waals surface area contributed by atoms with Gasteiger partial charge in [-0.2, -0.15) is 0 Å². The molecule has 0 saturated carbocycles. The molecule has 0 atom stereocenters.